The van der Waals surface area contributed by atoms with Crippen molar-refractivity contribution in [2.24, 2.45) is 0 Å². The summed E-state index contributed by atoms with van der Waals surface area (Å²) in [4.78, 5) is 2.56. The highest BCUT2D eigenvalue weighted by Crippen LogP contribution is 2.65. The van der Waals surface area contributed by atoms with Gasteiger partial charge in [-0.3, -0.25) is 0 Å². The molecule has 0 atom stereocenters. The van der Waals surface area contributed by atoms with E-state index in [1.807, 2.05) is 0 Å². The van der Waals surface area contributed by atoms with Gasteiger partial charge in [0.1, 0.15) is 0 Å². The summed E-state index contributed by atoms with van der Waals surface area (Å²) in [6.45, 7) is 0. The number of hydrogen-bond donors (Lipinski definition) is 0. The maximum Gasteiger partial charge on any atom is 0.0726 e. The van der Waals surface area contributed by atoms with Crippen molar-refractivity contribution in [3.63, 3.8) is 0 Å². The molecule has 0 amide bonds. The summed E-state index contributed by atoms with van der Waals surface area (Å²) in [6, 6.07) is 102. The highest BCUT2D eigenvalue weighted by molar-refractivity contribution is 6.01. The molecule has 14 rings (SSSR count). The highest BCUT2D eigenvalue weighted by Gasteiger charge is 2.52. The minimum Gasteiger partial charge on any atom is -0.310 e. The molecule has 0 bridgehead atoms. The van der Waals surface area contributed by atoms with Gasteiger partial charge in [-0.15, -0.1) is 0 Å². The van der Waals surface area contributed by atoms with E-state index in [-0.39, 0.29) is 0 Å². The number of fused-ring (bicyclic) bond motifs is 13. The molecule has 3 aliphatic carbocycles. The van der Waals surface area contributed by atoms with Crippen molar-refractivity contribution in [1.82, 2.24) is 0 Å². The van der Waals surface area contributed by atoms with Crippen molar-refractivity contribution < 1.29 is 0 Å². The zero-order valence-corrected chi connectivity index (χ0v) is 37.9. The van der Waals surface area contributed by atoms with Crippen molar-refractivity contribution in [2.45, 2.75) is 10.8 Å². The zero-order valence-electron chi connectivity index (χ0n) is 37.9. The fourth-order valence-electron chi connectivity index (χ4n) is 12.6. The van der Waals surface area contributed by atoms with Crippen molar-refractivity contribution >= 4 is 17.1 Å². The quantitative estimate of drug-likeness (QED) is 0.154. The third kappa shape index (κ3) is 5.59. The van der Waals surface area contributed by atoms with Gasteiger partial charge < -0.3 is 4.90 Å². The highest BCUT2D eigenvalue weighted by atomic mass is 15.1. The Morgan fingerprint density at radius 2 is 0.623 bits per heavy atom. The number of anilines is 3. The van der Waals surface area contributed by atoms with Crippen LogP contribution < -0.4 is 4.90 Å². The standard InChI is InChI=1S/C68H45N/c1-5-22-46(23-6-1)48-26-21-31-51(42-48)69(52-40-41-57-55-34-13-17-36-60(55)67(64(57)43-52,49-27-9-3-10-28-49)50-29-11-4-12-30-50)66-45-65-59(44-58(66)47-24-7-2-8-25-47)56-35-16-20-39-63(56)68(65)61-37-18-14-32-53(61)54-33-15-19-38-62(54)68/h1-45H. The molecule has 0 saturated heterocycles. The predicted octanol–water partition coefficient (Wildman–Crippen LogP) is 17.2. The summed E-state index contributed by atoms with van der Waals surface area (Å²) in [6.07, 6.45) is 0. The summed E-state index contributed by atoms with van der Waals surface area (Å²) < 4.78 is 0. The van der Waals surface area contributed by atoms with Crippen molar-refractivity contribution in [2.75, 3.05) is 4.90 Å². The summed E-state index contributed by atoms with van der Waals surface area (Å²) in [5.41, 5.74) is 25.0. The second-order valence-corrected chi connectivity index (χ2v) is 18.7. The molecule has 0 fully saturated rings. The number of nitrogens with zero attached hydrogens (tertiary/aromatic N) is 1. The fraction of sp³-hybridized carbons (Fsp3) is 0.0294. The van der Waals surface area contributed by atoms with Gasteiger partial charge in [0.2, 0.25) is 0 Å². The largest absolute Gasteiger partial charge is 0.310 e. The predicted molar refractivity (Wildman–Crippen MR) is 286 cm³/mol. The van der Waals surface area contributed by atoms with E-state index >= 15 is 0 Å². The van der Waals surface area contributed by atoms with Gasteiger partial charge in [-0.05, 0) is 131 Å². The van der Waals surface area contributed by atoms with Crippen LogP contribution in [0.4, 0.5) is 17.1 Å². The van der Waals surface area contributed by atoms with E-state index in [0.717, 1.165) is 17.1 Å². The van der Waals surface area contributed by atoms with E-state index in [1.54, 1.807) is 0 Å². The second-order valence-electron chi connectivity index (χ2n) is 18.7. The topological polar surface area (TPSA) is 3.24 Å². The molecule has 322 valence electrons. The van der Waals surface area contributed by atoms with Crippen LogP contribution in [0.3, 0.4) is 0 Å². The number of hydrogen-bond acceptors (Lipinski definition) is 1. The van der Waals surface area contributed by atoms with Gasteiger partial charge in [-0.2, -0.15) is 0 Å². The van der Waals surface area contributed by atoms with E-state index in [0.29, 0.717) is 0 Å². The zero-order chi connectivity index (χ0) is 45.5. The third-order valence-corrected chi connectivity index (χ3v) is 15.4. The minimum atomic E-state index is -0.564. The van der Waals surface area contributed by atoms with Gasteiger partial charge in [-0.1, -0.05) is 237 Å². The lowest BCUT2D eigenvalue weighted by Gasteiger charge is -2.36. The van der Waals surface area contributed by atoms with Gasteiger partial charge in [0.25, 0.3) is 0 Å². The van der Waals surface area contributed by atoms with E-state index < -0.39 is 10.8 Å². The summed E-state index contributed by atoms with van der Waals surface area (Å²) in [5.74, 6) is 0. The lowest BCUT2D eigenvalue weighted by atomic mass is 9.67. The molecule has 1 heteroatoms. The molecule has 0 unspecified atom stereocenters. The lowest BCUT2D eigenvalue weighted by Crippen LogP contribution is -2.28. The van der Waals surface area contributed by atoms with Crippen molar-refractivity contribution in [3.8, 4) is 55.6 Å². The molecule has 1 spiro atoms. The molecule has 0 heterocycles. The van der Waals surface area contributed by atoms with Crippen LogP contribution in [0.1, 0.15) is 44.5 Å². The smallest absolute Gasteiger partial charge is 0.0726 e. The third-order valence-electron chi connectivity index (χ3n) is 15.4. The fourth-order valence-corrected chi connectivity index (χ4v) is 12.6. The van der Waals surface area contributed by atoms with Crippen LogP contribution in [0.25, 0.3) is 55.6 Å². The molecule has 0 aromatic heterocycles. The Kier molecular flexibility index (Phi) is 8.78. The van der Waals surface area contributed by atoms with Gasteiger partial charge >= 0.3 is 0 Å². The van der Waals surface area contributed by atoms with Crippen LogP contribution in [0.2, 0.25) is 0 Å². The monoisotopic (exact) mass is 875 g/mol. The van der Waals surface area contributed by atoms with Gasteiger partial charge in [-0.25, -0.2) is 0 Å². The maximum atomic E-state index is 2.56. The molecule has 69 heavy (non-hydrogen) atoms. The SMILES string of the molecule is c1ccc(-c2cccc(N(c3ccc4c(c3)C(c3ccccc3)(c3ccccc3)c3ccccc3-4)c3cc4c(cc3-c3ccccc3)-c3ccccc3C43c4ccccc4-c4ccccc43)c2)cc1. The first-order valence-corrected chi connectivity index (χ1v) is 24.1. The van der Waals surface area contributed by atoms with E-state index in [9.17, 15) is 0 Å². The van der Waals surface area contributed by atoms with Gasteiger partial charge in [0, 0.05) is 16.9 Å². The Bertz CT molecular complexity index is 3690. The number of benzene rings is 11. The Hall–Kier alpha value is -8.78. The molecular weight excluding hydrogens is 831 g/mol. The van der Waals surface area contributed by atoms with Crippen molar-refractivity contribution in [3.05, 3.63) is 317 Å². The van der Waals surface area contributed by atoms with Crippen LogP contribution in [-0.2, 0) is 10.8 Å². The molecule has 0 N–H and O–H groups in total. The second kappa shape index (κ2) is 15.4. The molecule has 11 aromatic carbocycles. The maximum absolute atomic E-state index is 2.56. The van der Waals surface area contributed by atoms with E-state index in [1.165, 1.54) is 100 Å². The van der Waals surface area contributed by atoms with E-state index in [2.05, 4.69) is 278 Å². The first-order chi connectivity index (χ1) is 34.2. The average molecular weight is 876 g/mol. The Morgan fingerprint density at radius 3 is 1.17 bits per heavy atom. The van der Waals surface area contributed by atoms with Crippen LogP contribution in [0, 0.1) is 0 Å². The Morgan fingerprint density at radius 1 is 0.217 bits per heavy atom. The summed E-state index contributed by atoms with van der Waals surface area (Å²) >= 11 is 0. The molecule has 0 radical (unpaired) electrons. The summed E-state index contributed by atoms with van der Waals surface area (Å²) in [5, 5.41) is 0. The van der Waals surface area contributed by atoms with Crippen LogP contribution >= 0.6 is 0 Å². The Labute approximate surface area is 403 Å². The molecule has 1 nitrogen and oxygen atoms in total. The van der Waals surface area contributed by atoms with E-state index in [4.69, 9.17) is 0 Å². The minimum absolute atomic E-state index is 0.518. The molecule has 0 aliphatic heterocycles. The van der Waals surface area contributed by atoms with Crippen LogP contribution in [0.5, 0.6) is 0 Å². The molecule has 3 aliphatic rings. The van der Waals surface area contributed by atoms with Crippen molar-refractivity contribution in [1.29, 1.82) is 0 Å². The normalized spacial score (nSPS) is 13.7. The molecule has 11 aromatic rings. The average Bonchev–Trinajstić information content (AvgIpc) is 4.01. The summed E-state index contributed by atoms with van der Waals surface area (Å²) in [7, 11) is 0. The van der Waals surface area contributed by atoms with Crippen LogP contribution in [0.15, 0.2) is 273 Å². The first kappa shape index (κ1) is 39.4. The molecular formula is C68H45N. The van der Waals surface area contributed by atoms with Gasteiger partial charge in [0.15, 0.2) is 0 Å². The van der Waals surface area contributed by atoms with Gasteiger partial charge in [0.05, 0.1) is 16.5 Å². The lowest BCUT2D eigenvalue weighted by molar-refractivity contribution is 0.768. The first-order valence-electron chi connectivity index (χ1n) is 24.1. The molecule has 0 saturated carbocycles. The Balaban J connectivity index is 1.11. The van der Waals surface area contributed by atoms with Crippen LogP contribution in [-0.4, -0.2) is 0 Å². The number of rotatable bonds is 7.